The van der Waals surface area contributed by atoms with Gasteiger partial charge in [-0.05, 0) is 38.1 Å². The zero-order chi connectivity index (χ0) is 13.2. The van der Waals surface area contributed by atoms with Crippen molar-refractivity contribution < 1.29 is 0 Å². The Bertz CT molecular complexity index is 398. The second-order valence-corrected chi connectivity index (χ2v) is 5.90. The number of nitrogens with zero attached hydrogens (tertiary/aromatic N) is 3. The summed E-state index contributed by atoms with van der Waals surface area (Å²) in [6.07, 6.45) is 4.90. The van der Waals surface area contributed by atoms with Gasteiger partial charge in [0.2, 0.25) is 5.95 Å². The lowest BCUT2D eigenvalue weighted by Gasteiger charge is -2.24. The standard InChI is InChI=1S/C14H25N5/c1-3-10(4-2)13-16-14(18-17-13)19-8-11-6-5-7-15-12(11)9-19/h10-12,15H,3-9H2,1-2H3,(H,16,17,18). The van der Waals surface area contributed by atoms with E-state index in [4.69, 9.17) is 4.98 Å². The van der Waals surface area contributed by atoms with Gasteiger partial charge in [0.1, 0.15) is 5.82 Å². The molecule has 0 radical (unpaired) electrons. The van der Waals surface area contributed by atoms with E-state index in [1.807, 2.05) is 0 Å². The average Bonchev–Trinajstić information content (AvgIpc) is 3.06. The molecule has 2 aliphatic heterocycles. The molecule has 2 unspecified atom stereocenters. The van der Waals surface area contributed by atoms with E-state index < -0.39 is 0 Å². The molecule has 5 heteroatoms. The van der Waals surface area contributed by atoms with Crippen LogP contribution in [0.25, 0.3) is 0 Å². The topological polar surface area (TPSA) is 56.8 Å². The van der Waals surface area contributed by atoms with Crippen LogP contribution in [0.2, 0.25) is 0 Å². The minimum absolute atomic E-state index is 0.518. The summed E-state index contributed by atoms with van der Waals surface area (Å²) in [5.74, 6) is 3.26. The minimum Gasteiger partial charge on any atom is -0.338 e. The van der Waals surface area contributed by atoms with Gasteiger partial charge in [0.05, 0.1) is 0 Å². The van der Waals surface area contributed by atoms with E-state index in [1.54, 1.807) is 0 Å². The summed E-state index contributed by atoms with van der Waals surface area (Å²) in [5.41, 5.74) is 0. The molecule has 2 saturated heterocycles. The Morgan fingerprint density at radius 1 is 1.32 bits per heavy atom. The van der Waals surface area contributed by atoms with E-state index in [0.717, 1.165) is 43.6 Å². The Hall–Kier alpha value is -1.10. The lowest BCUT2D eigenvalue weighted by Crippen LogP contribution is -2.40. The first-order valence-electron chi connectivity index (χ1n) is 7.72. The maximum Gasteiger partial charge on any atom is 0.244 e. The van der Waals surface area contributed by atoms with Crippen LogP contribution in [-0.4, -0.2) is 40.9 Å². The van der Waals surface area contributed by atoms with E-state index in [2.05, 4.69) is 34.3 Å². The summed E-state index contributed by atoms with van der Waals surface area (Å²) < 4.78 is 0. The monoisotopic (exact) mass is 263 g/mol. The molecule has 106 valence electrons. The average molecular weight is 263 g/mol. The van der Waals surface area contributed by atoms with Crippen molar-refractivity contribution in [1.29, 1.82) is 0 Å². The number of H-pyrrole nitrogens is 1. The zero-order valence-electron chi connectivity index (χ0n) is 12.0. The Morgan fingerprint density at radius 3 is 2.89 bits per heavy atom. The molecule has 1 aromatic rings. The third kappa shape index (κ3) is 2.48. The minimum atomic E-state index is 0.518. The van der Waals surface area contributed by atoms with Crippen LogP contribution in [0.5, 0.6) is 0 Å². The third-order valence-electron chi connectivity index (χ3n) is 4.75. The summed E-state index contributed by atoms with van der Waals surface area (Å²) in [6.45, 7) is 7.76. The van der Waals surface area contributed by atoms with Crippen LogP contribution in [-0.2, 0) is 0 Å². The van der Waals surface area contributed by atoms with E-state index in [-0.39, 0.29) is 0 Å². The number of aromatic nitrogens is 3. The summed E-state index contributed by atoms with van der Waals surface area (Å²) in [6, 6.07) is 0.642. The number of nitrogens with one attached hydrogen (secondary N) is 2. The van der Waals surface area contributed by atoms with Crippen molar-refractivity contribution in [3.05, 3.63) is 5.82 Å². The first-order chi connectivity index (χ1) is 9.31. The second-order valence-electron chi connectivity index (χ2n) is 5.90. The lowest BCUT2D eigenvalue weighted by molar-refractivity contribution is 0.340. The van der Waals surface area contributed by atoms with Crippen molar-refractivity contribution in [2.45, 2.75) is 51.5 Å². The summed E-state index contributed by atoms with van der Waals surface area (Å²) in [7, 11) is 0. The van der Waals surface area contributed by atoms with Gasteiger partial charge in [-0.2, -0.15) is 4.98 Å². The first-order valence-corrected chi connectivity index (χ1v) is 7.72. The lowest BCUT2D eigenvalue weighted by atomic mass is 9.94. The molecular formula is C14H25N5. The molecule has 2 aliphatic rings. The van der Waals surface area contributed by atoms with Crippen LogP contribution >= 0.6 is 0 Å². The smallest absolute Gasteiger partial charge is 0.244 e. The molecule has 0 aliphatic carbocycles. The molecule has 2 atom stereocenters. The van der Waals surface area contributed by atoms with Crippen LogP contribution in [0.1, 0.15) is 51.3 Å². The quantitative estimate of drug-likeness (QED) is 0.871. The summed E-state index contributed by atoms with van der Waals surface area (Å²) in [5, 5.41) is 11.2. The van der Waals surface area contributed by atoms with Crippen LogP contribution in [0.4, 0.5) is 5.95 Å². The van der Waals surface area contributed by atoms with Gasteiger partial charge in [0, 0.05) is 25.0 Å². The van der Waals surface area contributed by atoms with Crippen LogP contribution in [0.15, 0.2) is 0 Å². The largest absolute Gasteiger partial charge is 0.338 e. The molecule has 2 N–H and O–H groups in total. The molecular weight excluding hydrogens is 238 g/mol. The molecule has 2 fully saturated rings. The number of anilines is 1. The van der Waals surface area contributed by atoms with Crippen molar-refractivity contribution in [2.75, 3.05) is 24.5 Å². The zero-order valence-corrected chi connectivity index (χ0v) is 12.0. The summed E-state index contributed by atoms with van der Waals surface area (Å²) >= 11 is 0. The third-order valence-corrected chi connectivity index (χ3v) is 4.75. The van der Waals surface area contributed by atoms with Crippen LogP contribution < -0.4 is 10.2 Å². The fraction of sp³-hybridized carbons (Fsp3) is 0.857. The summed E-state index contributed by atoms with van der Waals surface area (Å²) in [4.78, 5) is 7.07. The molecule has 0 aromatic carbocycles. The van der Waals surface area contributed by atoms with E-state index in [9.17, 15) is 0 Å². The van der Waals surface area contributed by atoms with Gasteiger partial charge in [-0.1, -0.05) is 13.8 Å². The van der Waals surface area contributed by atoms with Crippen molar-refractivity contribution >= 4 is 5.95 Å². The normalized spacial score (nSPS) is 27.0. The highest BCUT2D eigenvalue weighted by Crippen LogP contribution is 2.28. The number of fused-ring (bicyclic) bond motifs is 1. The number of rotatable bonds is 4. The number of aromatic amines is 1. The van der Waals surface area contributed by atoms with Gasteiger partial charge in [0.25, 0.3) is 0 Å². The van der Waals surface area contributed by atoms with Crippen molar-refractivity contribution in [1.82, 2.24) is 20.5 Å². The molecule has 3 heterocycles. The van der Waals surface area contributed by atoms with Gasteiger partial charge < -0.3 is 10.2 Å². The maximum atomic E-state index is 4.72. The maximum absolute atomic E-state index is 4.72. The van der Waals surface area contributed by atoms with E-state index in [0.29, 0.717) is 12.0 Å². The second kappa shape index (κ2) is 5.49. The SMILES string of the molecule is CCC(CC)c1nc(N2CC3CCCNC3C2)n[nH]1. The van der Waals surface area contributed by atoms with Gasteiger partial charge in [-0.15, -0.1) is 5.10 Å². The molecule has 0 spiro atoms. The highest BCUT2D eigenvalue weighted by Gasteiger charge is 2.35. The van der Waals surface area contributed by atoms with Gasteiger partial charge in [0.15, 0.2) is 0 Å². The molecule has 1 aromatic heterocycles. The van der Waals surface area contributed by atoms with Crippen molar-refractivity contribution in [3.8, 4) is 0 Å². The number of piperidine rings is 1. The highest BCUT2D eigenvalue weighted by atomic mass is 15.4. The van der Waals surface area contributed by atoms with Crippen molar-refractivity contribution in [3.63, 3.8) is 0 Å². The fourth-order valence-corrected chi connectivity index (χ4v) is 3.47. The van der Waals surface area contributed by atoms with Gasteiger partial charge in [-0.25, -0.2) is 0 Å². The highest BCUT2D eigenvalue weighted by molar-refractivity contribution is 5.33. The van der Waals surface area contributed by atoms with Crippen LogP contribution in [0.3, 0.4) is 0 Å². The molecule has 5 nitrogen and oxygen atoms in total. The Labute approximate surface area is 115 Å². The predicted octanol–water partition coefficient (Wildman–Crippen LogP) is 1.90. The Morgan fingerprint density at radius 2 is 2.16 bits per heavy atom. The molecule has 0 saturated carbocycles. The van der Waals surface area contributed by atoms with Gasteiger partial charge in [-0.3, -0.25) is 5.10 Å². The van der Waals surface area contributed by atoms with Crippen LogP contribution in [0, 0.1) is 5.92 Å². The number of hydrogen-bond acceptors (Lipinski definition) is 4. The van der Waals surface area contributed by atoms with E-state index in [1.165, 1.54) is 19.4 Å². The Balaban J connectivity index is 1.69. The van der Waals surface area contributed by atoms with Gasteiger partial charge >= 0.3 is 0 Å². The van der Waals surface area contributed by atoms with E-state index >= 15 is 0 Å². The predicted molar refractivity (Wildman–Crippen MR) is 76.4 cm³/mol. The fourth-order valence-electron chi connectivity index (χ4n) is 3.47. The first kappa shape index (κ1) is 12.9. The molecule has 0 bridgehead atoms. The number of hydrogen-bond donors (Lipinski definition) is 2. The molecule has 19 heavy (non-hydrogen) atoms. The van der Waals surface area contributed by atoms with Crippen molar-refractivity contribution in [2.24, 2.45) is 5.92 Å². The molecule has 3 rings (SSSR count). The molecule has 0 amide bonds. The Kier molecular flexibility index (Phi) is 3.73.